The summed E-state index contributed by atoms with van der Waals surface area (Å²) in [5.74, 6) is 1.46. The molecule has 0 radical (unpaired) electrons. The first-order valence-corrected chi connectivity index (χ1v) is 8.85. The topological polar surface area (TPSA) is 47.9 Å². The molecule has 0 saturated heterocycles. The van der Waals surface area contributed by atoms with Gasteiger partial charge in [-0.05, 0) is 41.8 Å². The van der Waals surface area contributed by atoms with Gasteiger partial charge in [-0.2, -0.15) is 0 Å². The van der Waals surface area contributed by atoms with E-state index in [4.69, 9.17) is 9.47 Å². The lowest BCUT2D eigenvalue weighted by atomic mass is 10.0. The number of ether oxygens (including phenoxy) is 2. The molecular formula is C23H23NO3. The van der Waals surface area contributed by atoms with Crippen molar-refractivity contribution in [3.05, 3.63) is 77.4 Å². The van der Waals surface area contributed by atoms with Gasteiger partial charge in [-0.3, -0.25) is 9.79 Å². The molecule has 0 unspecified atom stereocenters. The fourth-order valence-electron chi connectivity index (χ4n) is 2.96. The van der Waals surface area contributed by atoms with E-state index in [2.05, 4.69) is 4.99 Å². The molecule has 0 aromatic heterocycles. The molecule has 0 bridgehead atoms. The molecule has 4 heteroatoms. The first-order chi connectivity index (χ1) is 13.1. The quantitative estimate of drug-likeness (QED) is 0.730. The molecule has 27 heavy (non-hydrogen) atoms. The van der Waals surface area contributed by atoms with E-state index >= 15 is 0 Å². The van der Waals surface area contributed by atoms with Gasteiger partial charge in [0.05, 0.1) is 26.5 Å². The lowest BCUT2D eigenvalue weighted by Crippen LogP contribution is -2.02. The fraction of sp³-hybridized carbons (Fsp3) is 0.217. The van der Waals surface area contributed by atoms with Crippen LogP contribution in [-0.4, -0.2) is 32.3 Å². The second-order valence-electron chi connectivity index (χ2n) is 6.32. The summed E-state index contributed by atoms with van der Waals surface area (Å²) in [5.41, 5.74) is 4.69. The predicted molar refractivity (Wildman–Crippen MR) is 109 cm³/mol. The summed E-state index contributed by atoms with van der Waals surface area (Å²) in [7, 11) is 3.22. The number of nitrogens with zero attached hydrogens (tertiary/aromatic N) is 1. The summed E-state index contributed by atoms with van der Waals surface area (Å²) in [5, 5.41) is 0. The summed E-state index contributed by atoms with van der Waals surface area (Å²) in [4.78, 5) is 17.0. The molecule has 2 aromatic rings. The van der Waals surface area contributed by atoms with E-state index < -0.39 is 0 Å². The van der Waals surface area contributed by atoms with Crippen LogP contribution in [0.5, 0.6) is 11.5 Å². The van der Waals surface area contributed by atoms with Gasteiger partial charge in [0, 0.05) is 12.0 Å². The van der Waals surface area contributed by atoms with Crippen LogP contribution in [-0.2, 0) is 4.79 Å². The number of Topliss-reactive ketones (excluding diaryl/α,β-unsaturated/α-hetero) is 1. The molecule has 3 rings (SSSR count). The highest BCUT2D eigenvalue weighted by Crippen LogP contribution is 2.30. The van der Waals surface area contributed by atoms with Gasteiger partial charge >= 0.3 is 0 Å². The van der Waals surface area contributed by atoms with E-state index in [0.29, 0.717) is 24.5 Å². The van der Waals surface area contributed by atoms with Crippen molar-refractivity contribution in [1.29, 1.82) is 0 Å². The van der Waals surface area contributed by atoms with Crippen LogP contribution in [0.4, 0.5) is 0 Å². The van der Waals surface area contributed by atoms with E-state index in [0.717, 1.165) is 28.0 Å². The number of carbonyl (C=O) groups excluding carboxylic acids is 1. The minimum absolute atomic E-state index is 0.101. The van der Waals surface area contributed by atoms with Gasteiger partial charge in [0.15, 0.2) is 17.3 Å². The smallest absolute Gasteiger partial charge is 0.164 e. The Labute approximate surface area is 159 Å². The zero-order chi connectivity index (χ0) is 19.2. The highest BCUT2D eigenvalue weighted by molar-refractivity contribution is 6.15. The maximum Gasteiger partial charge on any atom is 0.164 e. The van der Waals surface area contributed by atoms with Crippen LogP contribution >= 0.6 is 0 Å². The van der Waals surface area contributed by atoms with Gasteiger partial charge in [-0.1, -0.05) is 42.5 Å². The van der Waals surface area contributed by atoms with Gasteiger partial charge in [0.25, 0.3) is 0 Å². The molecule has 0 amide bonds. The summed E-state index contributed by atoms with van der Waals surface area (Å²) in [6.45, 7) is 2.44. The van der Waals surface area contributed by atoms with Crippen molar-refractivity contribution in [2.24, 2.45) is 4.99 Å². The van der Waals surface area contributed by atoms with Crippen LogP contribution in [0.25, 0.3) is 5.57 Å². The summed E-state index contributed by atoms with van der Waals surface area (Å²) >= 11 is 0. The molecule has 1 heterocycles. The average Bonchev–Trinajstić information content (AvgIpc) is 3.22. The Hall–Kier alpha value is -3.14. The van der Waals surface area contributed by atoms with Gasteiger partial charge in [0.1, 0.15) is 0 Å². The average molecular weight is 361 g/mol. The Kier molecular flexibility index (Phi) is 5.87. The standard InChI is InChI=1S/C23H23NO3/c1-16(18-10-12-22(26-2)23(14-18)27-3)9-11-21(25)19-13-20(24-15-19)17-7-5-4-6-8-17/h4-10,12-14H,11,15H2,1-3H3/b16-9+. The van der Waals surface area contributed by atoms with Crippen molar-refractivity contribution in [1.82, 2.24) is 0 Å². The van der Waals surface area contributed by atoms with Crippen LogP contribution < -0.4 is 9.47 Å². The number of allylic oxidation sites excluding steroid dienone is 3. The first-order valence-electron chi connectivity index (χ1n) is 8.85. The third-order valence-corrected chi connectivity index (χ3v) is 4.59. The normalized spacial score (nSPS) is 13.8. The third-order valence-electron chi connectivity index (χ3n) is 4.59. The number of benzene rings is 2. The van der Waals surface area contributed by atoms with Gasteiger partial charge in [-0.25, -0.2) is 0 Å². The number of rotatable bonds is 7. The highest BCUT2D eigenvalue weighted by Gasteiger charge is 2.16. The van der Waals surface area contributed by atoms with Crippen LogP contribution in [0.2, 0.25) is 0 Å². The largest absolute Gasteiger partial charge is 0.493 e. The minimum atomic E-state index is 0.101. The highest BCUT2D eigenvalue weighted by atomic mass is 16.5. The molecule has 138 valence electrons. The molecule has 0 atom stereocenters. The molecule has 1 aliphatic heterocycles. The summed E-state index contributed by atoms with van der Waals surface area (Å²) < 4.78 is 10.6. The Balaban J connectivity index is 1.68. The summed E-state index contributed by atoms with van der Waals surface area (Å²) in [6.07, 6.45) is 4.20. The van der Waals surface area contributed by atoms with Crippen molar-refractivity contribution in [2.45, 2.75) is 13.3 Å². The number of hydrogen-bond acceptors (Lipinski definition) is 4. The van der Waals surface area contributed by atoms with E-state index in [1.54, 1.807) is 14.2 Å². The molecule has 2 aromatic carbocycles. The third kappa shape index (κ3) is 4.34. The molecule has 0 N–H and O–H groups in total. The number of ketones is 1. The fourth-order valence-corrected chi connectivity index (χ4v) is 2.96. The van der Waals surface area contributed by atoms with Crippen LogP contribution in [0.15, 0.2) is 71.2 Å². The van der Waals surface area contributed by atoms with Gasteiger partial charge < -0.3 is 9.47 Å². The molecule has 0 spiro atoms. The molecule has 0 fully saturated rings. The lowest BCUT2D eigenvalue weighted by Gasteiger charge is -2.10. The number of carbonyl (C=O) groups is 1. The Bertz CT molecular complexity index is 924. The monoisotopic (exact) mass is 361 g/mol. The molecule has 0 aliphatic carbocycles. The SMILES string of the molecule is COc1ccc(/C(C)=C/CC(=O)C2=CC(c3ccccc3)=NC2)cc1OC. The zero-order valence-corrected chi connectivity index (χ0v) is 15.9. The lowest BCUT2D eigenvalue weighted by molar-refractivity contribution is -0.114. The van der Waals surface area contributed by atoms with E-state index in [9.17, 15) is 4.79 Å². The van der Waals surface area contributed by atoms with Crippen molar-refractivity contribution in [3.8, 4) is 11.5 Å². The zero-order valence-electron chi connectivity index (χ0n) is 15.9. The Morgan fingerprint density at radius 1 is 1.07 bits per heavy atom. The van der Waals surface area contributed by atoms with Crippen molar-refractivity contribution >= 4 is 17.1 Å². The number of hydrogen-bond donors (Lipinski definition) is 0. The molecule has 4 nitrogen and oxygen atoms in total. The molecule has 1 aliphatic rings. The second-order valence-corrected chi connectivity index (χ2v) is 6.32. The van der Waals surface area contributed by atoms with Crippen LogP contribution in [0.3, 0.4) is 0 Å². The van der Waals surface area contributed by atoms with Crippen LogP contribution in [0.1, 0.15) is 24.5 Å². The minimum Gasteiger partial charge on any atom is -0.493 e. The Morgan fingerprint density at radius 2 is 1.81 bits per heavy atom. The number of aliphatic imine (C=N–C) groups is 1. The van der Waals surface area contributed by atoms with Gasteiger partial charge in [0.2, 0.25) is 0 Å². The maximum atomic E-state index is 12.6. The van der Waals surface area contributed by atoms with E-state index in [1.165, 1.54) is 0 Å². The molecular weight excluding hydrogens is 338 g/mol. The van der Waals surface area contributed by atoms with E-state index in [1.807, 2.05) is 67.6 Å². The predicted octanol–water partition coefficient (Wildman–Crippen LogP) is 4.50. The summed E-state index contributed by atoms with van der Waals surface area (Å²) in [6, 6.07) is 15.7. The van der Waals surface area contributed by atoms with Crippen molar-refractivity contribution in [2.75, 3.05) is 20.8 Å². The maximum absolute atomic E-state index is 12.6. The van der Waals surface area contributed by atoms with E-state index in [-0.39, 0.29) is 5.78 Å². The first kappa shape index (κ1) is 18.6. The Morgan fingerprint density at radius 3 is 2.52 bits per heavy atom. The second kappa shape index (κ2) is 8.49. The van der Waals surface area contributed by atoms with Crippen molar-refractivity contribution in [3.63, 3.8) is 0 Å². The van der Waals surface area contributed by atoms with Crippen LogP contribution in [0, 0.1) is 0 Å². The number of methoxy groups -OCH3 is 2. The van der Waals surface area contributed by atoms with Gasteiger partial charge in [-0.15, -0.1) is 0 Å². The van der Waals surface area contributed by atoms with Crippen molar-refractivity contribution < 1.29 is 14.3 Å². The molecule has 0 saturated carbocycles.